The Bertz CT molecular complexity index is 780. The van der Waals surface area contributed by atoms with Crippen molar-refractivity contribution in [2.45, 2.75) is 39.2 Å². The molecular weight excluding hydrogens is 328 g/mol. The summed E-state index contributed by atoms with van der Waals surface area (Å²) in [5.74, 6) is 3.55. The molecule has 0 amide bonds. The highest BCUT2D eigenvalue weighted by molar-refractivity contribution is 5.56. The molecule has 0 spiro atoms. The topological polar surface area (TPSA) is 59.5 Å². The van der Waals surface area contributed by atoms with E-state index in [4.69, 9.17) is 9.47 Å². The maximum atomic E-state index is 5.69. The highest BCUT2D eigenvalue weighted by Crippen LogP contribution is 2.33. The van der Waals surface area contributed by atoms with Crippen LogP contribution in [0.15, 0.2) is 24.3 Å². The second-order valence-corrected chi connectivity index (χ2v) is 6.91. The monoisotopic (exact) mass is 354 g/mol. The number of anilines is 2. The number of benzene rings is 1. The van der Waals surface area contributed by atoms with Crippen molar-refractivity contribution in [1.29, 1.82) is 0 Å². The summed E-state index contributed by atoms with van der Waals surface area (Å²) in [6.07, 6.45) is 3.23. The Morgan fingerprint density at radius 2 is 2.00 bits per heavy atom. The van der Waals surface area contributed by atoms with Crippen LogP contribution in [0.2, 0.25) is 0 Å². The number of ether oxygens (including phenoxy) is 2. The maximum absolute atomic E-state index is 5.69. The van der Waals surface area contributed by atoms with Crippen molar-refractivity contribution in [3.63, 3.8) is 0 Å². The molecule has 2 aliphatic heterocycles. The van der Waals surface area contributed by atoms with Crippen LogP contribution in [-0.4, -0.2) is 42.3 Å². The van der Waals surface area contributed by atoms with Gasteiger partial charge in [-0.25, -0.2) is 9.97 Å². The lowest BCUT2D eigenvalue weighted by Gasteiger charge is -2.35. The van der Waals surface area contributed by atoms with Crippen molar-refractivity contribution < 1.29 is 9.47 Å². The number of hydrogen-bond donors (Lipinski definition) is 1. The Morgan fingerprint density at radius 3 is 2.85 bits per heavy atom. The van der Waals surface area contributed by atoms with Crippen LogP contribution in [0, 0.1) is 6.92 Å². The maximum Gasteiger partial charge on any atom is 0.163 e. The number of nitrogens with one attached hydrogen (secondary N) is 1. The van der Waals surface area contributed by atoms with Gasteiger partial charge in [0.1, 0.15) is 24.9 Å². The Balaban J connectivity index is 1.46. The molecule has 138 valence electrons. The second kappa shape index (κ2) is 7.40. The van der Waals surface area contributed by atoms with Crippen molar-refractivity contribution in [2.75, 3.05) is 36.5 Å². The highest BCUT2D eigenvalue weighted by atomic mass is 16.6. The number of rotatable bonds is 4. The first-order valence-electron chi connectivity index (χ1n) is 9.47. The lowest BCUT2D eigenvalue weighted by Crippen LogP contribution is -2.42. The number of hydrogen-bond acceptors (Lipinski definition) is 6. The SMILES string of the molecule is CCc1cc(N2CCC[C@H](Nc3ccc4c(c3)OCCO4)C2)nc(C)n1. The van der Waals surface area contributed by atoms with E-state index in [9.17, 15) is 0 Å². The van der Waals surface area contributed by atoms with Crippen LogP contribution >= 0.6 is 0 Å². The molecule has 2 aliphatic rings. The molecule has 1 aromatic carbocycles. The van der Waals surface area contributed by atoms with Crippen molar-refractivity contribution in [3.05, 3.63) is 35.8 Å². The molecule has 4 rings (SSSR count). The Morgan fingerprint density at radius 1 is 1.15 bits per heavy atom. The molecule has 0 unspecified atom stereocenters. The number of aromatic nitrogens is 2. The van der Waals surface area contributed by atoms with Crippen molar-refractivity contribution in [3.8, 4) is 11.5 Å². The summed E-state index contributed by atoms with van der Waals surface area (Å²) >= 11 is 0. The van der Waals surface area contributed by atoms with Gasteiger partial charge in [-0.15, -0.1) is 0 Å². The average molecular weight is 354 g/mol. The molecule has 0 radical (unpaired) electrons. The number of piperidine rings is 1. The molecule has 0 bridgehead atoms. The van der Waals surface area contributed by atoms with Crippen LogP contribution < -0.4 is 19.7 Å². The van der Waals surface area contributed by atoms with Crippen LogP contribution in [0.3, 0.4) is 0 Å². The molecule has 0 aliphatic carbocycles. The van der Waals surface area contributed by atoms with Crippen LogP contribution in [0.5, 0.6) is 11.5 Å². The Hall–Kier alpha value is -2.50. The van der Waals surface area contributed by atoms with E-state index in [1.54, 1.807) is 0 Å². The van der Waals surface area contributed by atoms with E-state index < -0.39 is 0 Å². The van der Waals surface area contributed by atoms with Crippen molar-refractivity contribution in [2.24, 2.45) is 0 Å². The first kappa shape index (κ1) is 16.9. The summed E-state index contributed by atoms with van der Waals surface area (Å²) in [4.78, 5) is 11.5. The van der Waals surface area contributed by atoms with E-state index in [0.717, 1.165) is 66.9 Å². The number of aryl methyl sites for hydroxylation is 2. The third-order valence-electron chi connectivity index (χ3n) is 4.90. The fourth-order valence-corrected chi connectivity index (χ4v) is 3.63. The average Bonchev–Trinajstić information content (AvgIpc) is 2.67. The largest absolute Gasteiger partial charge is 0.486 e. The fraction of sp³-hybridized carbons (Fsp3) is 0.500. The van der Waals surface area contributed by atoms with Gasteiger partial charge in [-0.2, -0.15) is 0 Å². The Kier molecular flexibility index (Phi) is 4.82. The van der Waals surface area contributed by atoms with Gasteiger partial charge in [0.05, 0.1) is 0 Å². The normalized spacial score (nSPS) is 19.3. The van der Waals surface area contributed by atoms with Gasteiger partial charge < -0.3 is 19.7 Å². The molecule has 1 saturated heterocycles. The van der Waals surface area contributed by atoms with Gasteiger partial charge in [0.2, 0.25) is 0 Å². The lowest BCUT2D eigenvalue weighted by atomic mass is 10.0. The standard InChI is InChI=1S/C20H26N4O2/c1-3-15-12-20(22-14(2)21-15)24-8-4-5-17(13-24)23-16-6-7-18-19(11-16)26-10-9-25-18/h6-7,11-12,17,23H,3-5,8-10,13H2,1-2H3/t17-/m0/s1. The molecule has 3 heterocycles. The fourth-order valence-electron chi connectivity index (χ4n) is 3.63. The van der Waals surface area contributed by atoms with E-state index in [-0.39, 0.29) is 0 Å². The van der Waals surface area contributed by atoms with Crippen LogP contribution in [-0.2, 0) is 6.42 Å². The van der Waals surface area contributed by atoms with Gasteiger partial charge in [0.15, 0.2) is 11.5 Å². The molecule has 6 nitrogen and oxygen atoms in total. The predicted molar refractivity (Wildman–Crippen MR) is 102 cm³/mol. The third kappa shape index (κ3) is 3.69. The molecule has 0 saturated carbocycles. The van der Waals surface area contributed by atoms with Crippen molar-refractivity contribution in [1.82, 2.24) is 9.97 Å². The summed E-state index contributed by atoms with van der Waals surface area (Å²) in [5.41, 5.74) is 2.18. The van der Waals surface area contributed by atoms with Gasteiger partial charge in [-0.05, 0) is 38.3 Å². The van der Waals surface area contributed by atoms with E-state index in [1.165, 1.54) is 0 Å². The highest BCUT2D eigenvalue weighted by Gasteiger charge is 2.22. The zero-order valence-electron chi connectivity index (χ0n) is 15.5. The molecule has 1 atom stereocenters. The first-order chi connectivity index (χ1) is 12.7. The van der Waals surface area contributed by atoms with Gasteiger partial charge in [0, 0.05) is 42.6 Å². The minimum atomic E-state index is 0.381. The summed E-state index contributed by atoms with van der Waals surface area (Å²) in [6, 6.07) is 8.60. The molecule has 1 N–H and O–H groups in total. The summed E-state index contributed by atoms with van der Waals surface area (Å²) < 4.78 is 11.3. The molecule has 1 fully saturated rings. The zero-order chi connectivity index (χ0) is 17.9. The van der Waals surface area contributed by atoms with Gasteiger partial charge in [-0.3, -0.25) is 0 Å². The minimum absolute atomic E-state index is 0.381. The predicted octanol–water partition coefficient (Wildman–Crippen LogP) is 3.20. The lowest BCUT2D eigenvalue weighted by molar-refractivity contribution is 0.171. The second-order valence-electron chi connectivity index (χ2n) is 6.91. The third-order valence-corrected chi connectivity index (χ3v) is 4.90. The van der Waals surface area contributed by atoms with Crippen LogP contribution in [0.1, 0.15) is 31.3 Å². The minimum Gasteiger partial charge on any atom is -0.486 e. The quantitative estimate of drug-likeness (QED) is 0.910. The molecule has 6 heteroatoms. The zero-order valence-corrected chi connectivity index (χ0v) is 15.5. The summed E-state index contributed by atoms with van der Waals surface area (Å²) in [7, 11) is 0. The molecule has 2 aromatic rings. The molecular formula is C20H26N4O2. The van der Waals surface area contributed by atoms with E-state index in [0.29, 0.717) is 19.3 Å². The van der Waals surface area contributed by atoms with Gasteiger partial charge >= 0.3 is 0 Å². The first-order valence-corrected chi connectivity index (χ1v) is 9.47. The van der Waals surface area contributed by atoms with Gasteiger partial charge in [-0.1, -0.05) is 6.92 Å². The van der Waals surface area contributed by atoms with Crippen LogP contribution in [0.4, 0.5) is 11.5 Å². The molecule has 26 heavy (non-hydrogen) atoms. The van der Waals surface area contributed by atoms with E-state index in [1.807, 2.05) is 19.1 Å². The molecule has 1 aromatic heterocycles. The number of nitrogens with zero attached hydrogens (tertiary/aromatic N) is 3. The van der Waals surface area contributed by atoms with E-state index in [2.05, 4.69) is 39.2 Å². The summed E-state index contributed by atoms with van der Waals surface area (Å²) in [5, 5.41) is 3.65. The summed E-state index contributed by atoms with van der Waals surface area (Å²) in [6.45, 7) is 7.31. The van der Waals surface area contributed by atoms with Gasteiger partial charge in [0.25, 0.3) is 0 Å². The van der Waals surface area contributed by atoms with Crippen molar-refractivity contribution >= 4 is 11.5 Å². The van der Waals surface area contributed by atoms with Crippen LogP contribution in [0.25, 0.3) is 0 Å². The Labute approximate surface area is 154 Å². The number of fused-ring (bicyclic) bond motifs is 1. The smallest absolute Gasteiger partial charge is 0.163 e. The van der Waals surface area contributed by atoms with E-state index >= 15 is 0 Å².